The van der Waals surface area contributed by atoms with Crippen molar-refractivity contribution in [2.75, 3.05) is 5.32 Å². The Morgan fingerprint density at radius 2 is 1.93 bits per heavy atom. The number of hydrogen-bond donors (Lipinski definition) is 1. The third kappa shape index (κ3) is 4.81. The first-order valence-electron chi connectivity index (χ1n) is 8.56. The summed E-state index contributed by atoms with van der Waals surface area (Å²) in [7, 11) is 0. The highest BCUT2D eigenvalue weighted by atomic mass is 35.5. The van der Waals surface area contributed by atoms with Gasteiger partial charge in [-0.05, 0) is 17.7 Å². The molecule has 0 unspecified atom stereocenters. The van der Waals surface area contributed by atoms with Crippen LogP contribution in [0.5, 0.6) is 0 Å². The third-order valence-electron chi connectivity index (χ3n) is 4.10. The fourth-order valence-electron chi connectivity index (χ4n) is 2.63. The second-order valence-corrected chi connectivity index (χ2v) is 8.63. The molecule has 4 rings (SSSR count). The number of hydrogen-bond acceptors (Lipinski definition) is 8. The molecule has 2 aromatic carbocycles. The molecule has 7 nitrogen and oxygen atoms in total. The van der Waals surface area contributed by atoms with Gasteiger partial charge in [0.2, 0.25) is 5.13 Å². The first-order chi connectivity index (χ1) is 14.1. The number of para-hydroxylation sites is 1. The Balaban J connectivity index is 1.36. The van der Waals surface area contributed by atoms with E-state index in [1.54, 1.807) is 23.9 Å². The Morgan fingerprint density at radius 1 is 1.14 bits per heavy atom. The van der Waals surface area contributed by atoms with Gasteiger partial charge >= 0.3 is 0 Å². The van der Waals surface area contributed by atoms with Crippen molar-refractivity contribution in [3.05, 3.63) is 81.0 Å². The smallest absolute Gasteiger partial charge is 0.269 e. The first-order valence-corrected chi connectivity index (χ1v) is 10.7. The van der Waals surface area contributed by atoms with E-state index in [-0.39, 0.29) is 5.69 Å². The molecule has 146 valence electrons. The van der Waals surface area contributed by atoms with Crippen molar-refractivity contribution in [1.29, 1.82) is 0 Å². The average molecular weight is 444 g/mol. The Kier molecular flexibility index (Phi) is 5.89. The first kappa shape index (κ1) is 19.6. The summed E-state index contributed by atoms with van der Waals surface area (Å²) < 4.78 is 0.820. The molecule has 0 bridgehead atoms. The molecule has 10 heteroatoms. The molecular weight excluding hydrogens is 430 g/mol. The van der Waals surface area contributed by atoms with Crippen molar-refractivity contribution in [2.45, 2.75) is 16.6 Å². The van der Waals surface area contributed by atoms with E-state index in [0.29, 0.717) is 22.6 Å². The molecule has 1 N–H and O–H groups in total. The number of fused-ring (bicyclic) bond motifs is 1. The molecule has 29 heavy (non-hydrogen) atoms. The SMILES string of the molecule is O=[N+]([O-])c1ccc(CNc2nnc(SCc3cc4ccccc4nc3Cl)s2)cc1. The second-order valence-electron chi connectivity index (χ2n) is 6.07. The van der Waals surface area contributed by atoms with Crippen LogP contribution in [0.3, 0.4) is 0 Å². The summed E-state index contributed by atoms with van der Waals surface area (Å²) in [5, 5.41) is 24.5. The van der Waals surface area contributed by atoms with Gasteiger partial charge in [-0.25, -0.2) is 4.98 Å². The quantitative estimate of drug-likeness (QED) is 0.173. The Morgan fingerprint density at radius 3 is 2.72 bits per heavy atom. The van der Waals surface area contributed by atoms with Crippen molar-refractivity contribution in [3.63, 3.8) is 0 Å². The zero-order chi connectivity index (χ0) is 20.2. The van der Waals surface area contributed by atoms with E-state index in [4.69, 9.17) is 11.6 Å². The minimum absolute atomic E-state index is 0.0743. The summed E-state index contributed by atoms with van der Waals surface area (Å²) in [6, 6.07) is 16.3. The van der Waals surface area contributed by atoms with Crippen LogP contribution in [0.15, 0.2) is 58.9 Å². The largest absolute Gasteiger partial charge is 0.356 e. The van der Waals surface area contributed by atoms with Crippen molar-refractivity contribution < 1.29 is 4.92 Å². The van der Waals surface area contributed by atoms with Gasteiger partial charge in [-0.2, -0.15) is 0 Å². The lowest BCUT2D eigenvalue weighted by molar-refractivity contribution is -0.384. The maximum absolute atomic E-state index is 10.7. The lowest BCUT2D eigenvalue weighted by Crippen LogP contribution is -1.99. The van der Waals surface area contributed by atoms with Gasteiger partial charge in [-0.1, -0.05) is 65.0 Å². The molecule has 0 aliphatic heterocycles. The van der Waals surface area contributed by atoms with Gasteiger partial charge in [0.15, 0.2) is 4.34 Å². The number of rotatable bonds is 7. The van der Waals surface area contributed by atoms with Crippen LogP contribution >= 0.6 is 34.7 Å². The maximum atomic E-state index is 10.7. The molecule has 0 fully saturated rings. The van der Waals surface area contributed by atoms with Gasteiger partial charge in [-0.3, -0.25) is 10.1 Å². The summed E-state index contributed by atoms with van der Waals surface area (Å²) >= 11 is 9.31. The molecule has 0 spiro atoms. The molecular formula is C19H14ClN5O2S2. The van der Waals surface area contributed by atoms with E-state index in [0.717, 1.165) is 26.4 Å². The Labute approximate surface area is 179 Å². The number of benzene rings is 2. The molecule has 0 atom stereocenters. The molecule has 0 aliphatic rings. The van der Waals surface area contributed by atoms with E-state index in [9.17, 15) is 10.1 Å². The third-order valence-corrected chi connectivity index (χ3v) is 6.49. The van der Waals surface area contributed by atoms with E-state index >= 15 is 0 Å². The number of nitro benzene ring substituents is 1. The van der Waals surface area contributed by atoms with Crippen LogP contribution in [0.4, 0.5) is 10.8 Å². The number of anilines is 1. The van der Waals surface area contributed by atoms with Gasteiger partial charge in [0.25, 0.3) is 5.69 Å². The maximum Gasteiger partial charge on any atom is 0.269 e. The summed E-state index contributed by atoms with van der Waals surface area (Å²) in [6.45, 7) is 0.512. The van der Waals surface area contributed by atoms with Gasteiger partial charge in [0, 0.05) is 35.4 Å². The highest BCUT2D eigenvalue weighted by Crippen LogP contribution is 2.31. The molecule has 0 aliphatic carbocycles. The van der Waals surface area contributed by atoms with Gasteiger partial charge < -0.3 is 5.32 Å². The molecule has 2 aromatic heterocycles. The predicted octanol–water partition coefficient (Wildman–Crippen LogP) is 5.55. The van der Waals surface area contributed by atoms with Crippen LogP contribution in [-0.4, -0.2) is 20.1 Å². The summed E-state index contributed by atoms with van der Waals surface area (Å²) in [5.41, 5.74) is 2.82. The minimum Gasteiger partial charge on any atom is -0.356 e. The number of nitrogens with one attached hydrogen (secondary N) is 1. The van der Waals surface area contributed by atoms with Crippen molar-refractivity contribution >= 4 is 56.4 Å². The minimum atomic E-state index is -0.414. The van der Waals surface area contributed by atoms with E-state index in [1.807, 2.05) is 30.3 Å². The zero-order valence-electron chi connectivity index (χ0n) is 14.9. The van der Waals surface area contributed by atoms with E-state index < -0.39 is 4.92 Å². The van der Waals surface area contributed by atoms with Crippen molar-refractivity contribution in [2.24, 2.45) is 0 Å². The van der Waals surface area contributed by atoms with Crippen LogP contribution in [0.25, 0.3) is 10.9 Å². The van der Waals surface area contributed by atoms with Crippen LogP contribution in [0.2, 0.25) is 5.15 Å². The molecule has 2 heterocycles. The lowest BCUT2D eigenvalue weighted by atomic mass is 10.2. The summed E-state index contributed by atoms with van der Waals surface area (Å²) in [5.74, 6) is 0.646. The number of nitro groups is 1. The number of nitrogens with zero attached hydrogens (tertiary/aromatic N) is 4. The van der Waals surface area contributed by atoms with Crippen LogP contribution in [0.1, 0.15) is 11.1 Å². The monoisotopic (exact) mass is 443 g/mol. The van der Waals surface area contributed by atoms with Crippen LogP contribution < -0.4 is 5.32 Å². The second kappa shape index (κ2) is 8.73. The van der Waals surface area contributed by atoms with E-state index in [2.05, 4.69) is 20.5 Å². The van der Waals surface area contributed by atoms with E-state index in [1.165, 1.54) is 23.5 Å². The van der Waals surface area contributed by atoms with Gasteiger partial charge in [0.05, 0.1) is 10.4 Å². The summed E-state index contributed by atoms with van der Waals surface area (Å²) in [6.07, 6.45) is 0. The van der Waals surface area contributed by atoms with Gasteiger partial charge in [-0.15, -0.1) is 10.2 Å². The fraction of sp³-hybridized carbons (Fsp3) is 0.105. The molecule has 0 amide bonds. The summed E-state index contributed by atoms with van der Waals surface area (Å²) in [4.78, 5) is 14.7. The number of pyridine rings is 1. The van der Waals surface area contributed by atoms with Gasteiger partial charge in [0.1, 0.15) is 5.15 Å². The number of halogens is 1. The van der Waals surface area contributed by atoms with Crippen LogP contribution in [-0.2, 0) is 12.3 Å². The predicted molar refractivity (Wildman–Crippen MR) is 117 cm³/mol. The molecule has 0 radical (unpaired) electrons. The standard InChI is InChI=1S/C19H14ClN5O2S2/c20-17-14(9-13-3-1-2-4-16(13)22-17)11-28-19-24-23-18(29-19)21-10-12-5-7-15(8-6-12)25(26)27/h1-9H,10-11H2,(H,21,23). The number of aromatic nitrogens is 3. The topological polar surface area (TPSA) is 93.8 Å². The van der Waals surface area contributed by atoms with Crippen molar-refractivity contribution in [1.82, 2.24) is 15.2 Å². The highest BCUT2D eigenvalue weighted by molar-refractivity contribution is 8.00. The Hall–Kier alpha value is -2.75. The fourth-order valence-corrected chi connectivity index (χ4v) is 4.64. The highest BCUT2D eigenvalue weighted by Gasteiger charge is 2.10. The average Bonchev–Trinajstić information content (AvgIpc) is 3.19. The zero-order valence-corrected chi connectivity index (χ0v) is 17.3. The molecule has 0 saturated heterocycles. The normalized spacial score (nSPS) is 10.9. The van der Waals surface area contributed by atoms with Crippen molar-refractivity contribution in [3.8, 4) is 0 Å². The Bertz CT molecular complexity index is 1170. The lowest BCUT2D eigenvalue weighted by Gasteiger charge is -2.04. The number of non-ortho nitro benzene ring substituents is 1. The number of thioether (sulfide) groups is 1. The van der Waals surface area contributed by atoms with Crippen LogP contribution in [0, 0.1) is 10.1 Å². The molecule has 4 aromatic rings. The molecule has 0 saturated carbocycles.